The number of aromatic amines is 1. The summed E-state index contributed by atoms with van der Waals surface area (Å²) in [5.74, 6) is -0.387. The van der Waals surface area contributed by atoms with Crippen molar-refractivity contribution in [1.82, 2.24) is 15.2 Å². The summed E-state index contributed by atoms with van der Waals surface area (Å²) in [7, 11) is 0. The summed E-state index contributed by atoms with van der Waals surface area (Å²) in [6.45, 7) is 0.994. The van der Waals surface area contributed by atoms with Crippen LogP contribution in [0.4, 0.5) is 0 Å². The van der Waals surface area contributed by atoms with Crippen LogP contribution in [-0.2, 0) is 24.2 Å². The van der Waals surface area contributed by atoms with Gasteiger partial charge in [-0.2, -0.15) is 0 Å². The Morgan fingerprint density at radius 2 is 2.00 bits per heavy atom. The molecule has 2 amide bonds. The summed E-state index contributed by atoms with van der Waals surface area (Å²) in [6.07, 6.45) is 3.01. The second-order valence-corrected chi connectivity index (χ2v) is 7.00. The second kappa shape index (κ2) is 6.78. The van der Waals surface area contributed by atoms with E-state index in [0.29, 0.717) is 13.1 Å². The van der Waals surface area contributed by atoms with E-state index in [-0.39, 0.29) is 29.5 Å². The number of carbonyl (C=O) groups is 2. The molecule has 2 N–H and O–H groups in total. The monoisotopic (exact) mass is 351 g/mol. The van der Waals surface area contributed by atoms with Crippen molar-refractivity contribution in [3.8, 4) is 0 Å². The van der Waals surface area contributed by atoms with Gasteiger partial charge in [0.1, 0.15) is 5.56 Å². The lowest BCUT2D eigenvalue weighted by molar-refractivity contribution is -0.128. The molecule has 1 fully saturated rings. The van der Waals surface area contributed by atoms with Gasteiger partial charge in [0.05, 0.1) is 6.04 Å². The Kier molecular flexibility index (Phi) is 4.32. The van der Waals surface area contributed by atoms with Gasteiger partial charge in [-0.3, -0.25) is 14.4 Å². The third kappa shape index (κ3) is 3.27. The normalized spacial score (nSPS) is 18.8. The molecule has 2 aromatic rings. The van der Waals surface area contributed by atoms with Gasteiger partial charge in [0, 0.05) is 25.2 Å². The number of nitrogens with one attached hydrogen (secondary N) is 2. The Labute approximate surface area is 151 Å². The molecule has 0 spiro atoms. The molecule has 1 atom stereocenters. The van der Waals surface area contributed by atoms with Crippen molar-refractivity contribution in [1.29, 1.82) is 0 Å². The van der Waals surface area contributed by atoms with Gasteiger partial charge >= 0.3 is 0 Å². The molecule has 26 heavy (non-hydrogen) atoms. The van der Waals surface area contributed by atoms with Crippen LogP contribution in [0.2, 0.25) is 0 Å². The molecule has 4 rings (SSSR count). The molecule has 1 aromatic carbocycles. The van der Waals surface area contributed by atoms with Crippen molar-refractivity contribution in [3.05, 3.63) is 69.1 Å². The zero-order valence-electron chi connectivity index (χ0n) is 14.5. The van der Waals surface area contributed by atoms with Crippen LogP contribution in [0.3, 0.4) is 0 Å². The van der Waals surface area contributed by atoms with Crippen LogP contribution in [0.15, 0.2) is 41.2 Å². The van der Waals surface area contributed by atoms with Gasteiger partial charge in [0.2, 0.25) is 5.91 Å². The van der Waals surface area contributed by atoms with Crippen molar-refractivity contribution in [2.75, 3.05) is 6.54 Å². The van der Waals surface area contributed by atoms with E-state index >= 15 is 0 Å². The molecule has 134 valence electrons. The average molecular weight is 351 g/mol. The molecule has 1 saturated heterocycles. The first kappa shape index (κ1) is 16.6. The van der Waals surface area contributed by atoms with Crippen LogP contribution in [0.5, 0.6) is 0 Å². The van der Waals surface area contributed by atoms with Crippen LogP contribution < -0.4 is 10.9 Å². The van der Waals surface area contributed by atoms with E-state index in [1.807, 2.05) is 30.3 Å². The highest BCUT2D eigenvalue weighted by atomic mass is 16.2. The molecule has 0 unspecified atom stereocenters. The topological polar surface area (TPSA) is 82.3 Å². The van der Waals surface area contributed by atoms with E-state index in [4.69, 9.17) is 0 Å². The zero-order valence-corrected chi connectivity index (χ0v) is 14.5. The first-order valence-corrected chi connectivity index (χ1v) is 8.98. The molecule has 6 heteroatoms. The van der Waals surface area contributed by atoms with E-state index in [1.54, 1.807) is 11.0 Å². The summed E-state index contributed by atoms with van der Waals surface area (Å²) in [5, 5.41) is 2.85. The minimum Gasteiger partial charge on any atom is -0.347 e. The first-order valence-electron chi connectivity index (χ1n) is 8.98. The van der Waals surface area contributed by atoms with Crippen LogP contribution in [0, 0.1) is 0 Å². The molecular formula is C20H21N3O3. The molecule has 0 saturated carbocycles. The average Bonchev–Trinajstić information content (AvgIpc) is 3.21. The lowest BCUT2D eigenvalue weighted by atomic mass is 10.1. The summed E-state index contributed by atoms with van der Waals surface area (Å²) in [5.41, 5.74) is 2.83. The Hall–Kier alpha value is -2.89. The maximum atomic E-state index is 12.5. The molecule has 1 aliphatic carbocycles. The molecule has 0 radical (unpaired) electrons. The second-order valence-electron chi connectivity index (χ2n) is 7.00. The summed E-state index contributed by atoms with van der Waals surface area (Å²) in [4.78, 5) is 41.5. The highest BCUT2D eigenvalue weighted by Gasteiger charge is 2.31. The summed E-state index contributed by atoms with van der Waals surface area (Å²) < 4.78 is 0. The quantitative estimate of drug-likeness (QED) is 0.873. The van der Waals surface area contributed by atoms with E-state index < -0.39 is 5.91 Å². The molecule has 6 nitrogen and oxygen atoms in total. The first-order chi connectivity index (χ1) is 12.6. The minimum absolute atomic E-state index is 0.0158. The maximum Gasteiger partial charge on any atom is 0.261 e. The molecular weight excluding hydrogens is 330 g/mol. The highest BCUT2D eigenvalue weighted by molar-refractivity contribution is 5.95. The number of aromatic nitrogens is 1. The molecule has 2 heterocycles. The number of hydrogen-bond donors (Lipinski definition) is 2. The fraction of sp³-hybridized carbons (Fsp3) is 0.350. The number of amides is 2. The number of benzene rings is 1. The predicted molar refractivity (Wildman–Crippen MR) is 96.8 cm³/mol. The third-order valence-corrected chi connectivity index (χ3v) is 5.10. The van der Waals surface area contributed by atoms with Gasteiger partial charge in [0.15, 0.2) is 0 Å². The van der Waals surface area contributed by atoms with E-state index in [1.165, 1.54) is 0 Å². The van der Waals surface area contributed by atoms with Crippen LogP contribution in [-0.4, -0.2) is 34.3 Å². The number of pyridine rings is 1. The van der Waals surface area contributed by atoms with Crippen LogP contribution >= 0.6 is 0 Å². The van der Waals surface area contributed by atoms with Crippen molar-refractivity contribution >= 4 is 11.8 Å². The number of hydrogen-bond acceptors (Lipinski definition) is 3. The number of rotatable bonds is 4. The van der Waals surface area contributed by atoms with Gasteiger partial charge in [-0.25, -0.2) is 0 Å². The smallest absolute Gasteiger partial charge is 0.261 e. The standard InChI is InChI=1S/C20H21N3O3/c24-18-10-15(12-23(18)11-13-5-2-1-3-6-13)21-19(25)16-9-14-7-4-8-17(14)22-20(16)26/h1-3,5-6,9,15H,4,7-8,10-12H2,(H,21,25)(H,22,26)/t15-/m0/s1. The zero-order chi connectivity index (χ0) is 18.1. The molecule has 0 bridgehead atoms. The van der Waals surface area contributed by atoms with Gasteiger partial charge in [-0.15, -0.1) is 0 Å². The number of likely N-dealkylation sites (tertiary alicyclic amines) is 1. The Morgan fingerprint density at radius 1 is 1.19 bits per heavy atom. The number of fused-ring (bicyclic) bond motifs is 1. The minimum atomic E-state index is -0.402. The number of aryl methyl sites for hydroxylation is 2. The Bertz CT molecular complexity index is 904. The molecule has 1 aromatic heterocycles. The number of nitrogens with zero attached hydrogens (tertiary/aromatic N) is 1. The van der Waals surface area contributed by atoms with Crippen molar-refractivity contribution in [2.24, 2.45) is 0 Å². The van der Waals surface area contributed by atoms with E-state index in [0.717, 1.165) is 36.1 Å². The van der Waals surface area contributed by atoms with Gasteiger partial charge in [0.25, 0.3) is 11.5 Å². The SMILES string of the molecule is O=C(N[C@H]1CC(=O)N(Cc2ccccc2)C1)c1cc2c([nH]c1=O)CCC2. The highest BCUT2D eigenvalue weighted by Crippen LogP contribution is 2.19. The Balaban J connectivity index is 1.43. The van der Waals surface area contributed by atoms with Gasteiger partial charge in [-0.1, -0.05) is 30.3 Å². The van der Waals surface area contributed by atoms with Gasteiger partial charge < -0.3 is 15.2 Å². The van der Waals surface area contributed by atoms with Crippen LogP contribution in [0.25, 0.3) is 0 Å². The van der Waals surface area contributed by atoms with Crippen molar-refractivity contribution < 1.29 is 9.59 Å². The van der Waals surface area contributed by atoms with Gasteiger partial charge in [-0.05, 0) is 36.5 Å². The Morgan fingerprint density at radius 3 is 2.81 bits per heavy atom. The molecule has 1 aliphatic heterocycles. The van der Waals surface area contributed by atoms with Crippen molar-refractivity contribution in [2.45, 2.75) is 38.3 Å². The number of H-pyrrole nitrogens is 1. The lowest BCUT2D eigenvalue weighted by Gasteiger charge is -2.17. The van der Waals surface area contributed by atoms with E-state index in [2.05, 4.69) is 10.3 Å². The third-order valence-electron chi connectivity index (χ3n) is 5.10. The largest absolute Gasteiger partial charge is 0.347 e. The van der Waals surface area contributed by atoms with E-state index in [9.17, 15) is 14.4 Å². The van der Waals surface area contributed by atoms with Crippen molar-refractivity contribution in [3.63, 3.8) is 0 Å². The summed E-state index contributed by atoms with van der Waals surface area (Å²) >= 11 is 0. The maximum absolute atomic E-state index is 12.5. The fourth-order valence-electron chi connectivity index (χ4n) is 3.77. The molecule has 2 aliphatic rings. The predicted octanol–water partition coefficient (Wildman–Crippen LogP) is 1.39. The van der Waals surface area contributed by atoms with Crippen LogP contribution in [0.1, 0.15) is 40.0 Å². The summed E-state index contributed by atoms with van der Waals surface area (Å²) in [6, 6.07) is 11.2. The fourth-order valence-corrected chi connectivity index (χ4v) is 3.77. The lowest BCUT2D eigenvalue weighted by Crippen LogP contribution is -2.39. The number of carbonyl (C=O) groups excluding carboxylic acids is 2.